The summed E-state index contributed by atoms with van der Waals surface area (Å²) in [5, 5.41) is 4.16. The Morgan fingerprint density at radius 2 is 2.33 bits per heavy atom. The Balaban J connectivity index is 2.12. The average molecular weight is 291 g/mol. The van der Waals surface area contributed by atoms with Gasteiger partial charge in [-0.05, 0) is 31.5 Å². The van der Waals surface area contributed by atoms with E-state index in [1.54, 1.807) is 0 Å². The van der Waals surface area contributed by atoms with Crippen LogP contribution in [0.2, 0.25) is 5.02 Å². The molecule has 1 fully saturated rings. The minimum Gasteiger partial charge on any atom is -0.378 e. The molecule has 2 unspecified atom stereocenters. The van der Waals surface area contributed by atoms with Crippen LogP contribution < -0.4 is 5.32 Å². The predicted molar refractivity (Wildman–Crippen MR) is 66.6 cm³/mol. The molecule has 0 radical (unpaired) electrons. The first-order valence-electron chi connectivity index (χ1n) is 5.00. The molecule has 0 amide bonds. The SMILES string of the molecule is CC1OCCC1Nc1cc(Br)ccc1Cl. The molecule has 2 atom stereocenters. The van der Waals surface area contributed by atoms with Gasteiger partial charge in [0.2, 0.25) is 0 Å². The summed E-state index contributed by atoms with van der Waals surface area (Å²) < 4.78 is 6.52. The number of anilines is 1. The molecule has 0 saturated carbocycles. The van der Waals surface area contributed by atoms with Crippen molar-refractivity contribution in [1.29, 1.82) is 0 Å². The summed E-state index contributed by atoms with van der Waals surface area (Å²) in [6.07, 6.45) is 1.28. The Kier molecular flexibility index (Phi) is 3.54. The van der Waals surface area contributed by atoms with Gasteiger partial charge in [0, 0.05) is 11.1 Å². The van der Waals surface area contributed by atoms with E-state index in [4.69, 9.17) is 16.3 Å². The van der Waals surface area contributed by atoms with Crippen LogP contribution >= 0.6 is 27.5 Å². The topological polar surface area (TPSA) is 21.3 Å². The Bertz CT molecular complexity index is 358. The number of rotatable bonds is 2. The van der Waals surface area contributed by atoms with Crippen LogP contribution in [0.1, 0.15) is 13.3 Å². The third-order valence-electron chi connectivity index (χ3n) is 2.65. The zero-order valence-corrected chi connectivity index (χ0v) is 10.8. The van der Waals surface area contributed by atoms with E-state index in [1.807, 2.05) is 18.2 Å². The highest BCUT2D eigenvalue weighted by Gasteiger charge is 2.24. The van der Waals surface area contributed by atoms with Gasteiger partial charge >= 0.3 is 0 Å². The second kappa shape index (κ2) is 4.73. The summed E-state index contributed by atoms with van der Waals surface area (Å²) in [6.45, 7) is 2.90. The summed E-state index contributed by atoms with van der Waals surface area (Å²) in [5.41, 5.74) is 0.966. The fraction of sp³-hybridized carbons (Fsp3) is 0.455. The lowest BCUT2D eigenvalue weighted by Crippen LogP contribution is -2.26. The van der Waals surface area contributed by atoms with E-state index in [9.17, 15) is 0 Å². The highest BCUT2D eigenvalue weighted by molar-refractivity contribution is 9.10. The molecule has 1 aliphatic rings. The zero-order valence-electron chi connectivity index (χ0n) is 8.47. The molecule has 0 aliphatic carbocycles. The molecule has 0 spiro atoms. The van der Waals surface area contributed by atoms with Gasteiger partial charge in [-0.1, -0.05) is 27.5 Å². The molecule has 1 heterocycles. The van der Waals surface area contributed by atoms with Crippen molar-refractivity contribution in [3.63, 3.8) is 0 Å². The Morgan fingerprint density at radius 3 is 3.00 bits per heavy atom. The molecule has 2 rings (SSSR count). The minimum absolute atomic E-state index is 0.250. The van der Waals surface area contributed by atoms with E-state index >= 15 is 0 Å². The van der Waals surface area contributed by atoms with E-state index in [0.717, 1.165) is 28.2 Å². The Hall–Kier alpha value is -0.250. The van der Waals surface area contributed by atoms with E-state index in [2.05, 4.69) is 28.2 Å². The Labute approximate surface area is 103 Å². The van der Waals surface area contributed by atoms with Crippen LogP contribution in [0.5, 0.6) is 0 Å². The van der Waals surface area contributed by atoms with Crippen molar-refractivity contribution in [2.45, 2.75) is 25.5 Å². The van der Waals surface area contributed by atoms with Crippen molar-refractivity contribution in [2.75, 3.05) is 11.9 Å². The van der Waals surface area contributed by atoms with Crippen molar-refractivity contribution in [1.82, 2.24) is 0 Å². The van der Waals surface area contributed by atoms with Crippen LogP contribution in [0, 0.1) is 0 Å². The molecule has 1 aromatic rings. The van der Waals surface area contributed by atoms with Gasteiger partial charge in [-0.2, -0.15) is 0 Å². The maximum Gasteiger partial charge on any atom is 0.0748 e. The maximum atomic E-state index is 6.10. The first kappa shape index (κ1) is 11.2. The first-order valence-corrected chi connectivity index (χ1v) is 6.17. The van der Waals surface area contributed by atoms with Gasteiger partial charge < -0.3 is 10.1 Å². The van der Waals surface area contributed by atoms with E-state index in [1.165, 1.54) is 0 Å². The van der Waals surface area contributed by atoms with Crippen LogP contribution in [-0.2, 0) is 4.74 Å². The molecule has 0 aromatic heterocycles. The first-order chi connectivity index (χ1) is 7.16. The quantitative estimate of drug-likeness (QED) is 0.897. The van der Waals surface area contributed by atoms with Gasteiger partial charge in [-0.3, -0.25) is 0 Å². The fourth-order valence-electron chi connectivity index (χ4n) is 1.73. The van der Waals surface area contributed by atoms with Crippen LogP contribution in [0.25, 0.3) is 0 Å². The molecule has 1 aromatic carbocycles. The number of nitrogens with one attached hydrogen (secondary N) is 1. The molecule has 1 aliphatic heterocycles. The number of ether oxygens (including phenoxy) is 1. The van der Waals surface area contributed by atoms with Crippen LogP contribution in [0.15, 0.2) is 22.7 Å². The molecule has 15 heavy (non-hydrogen) atoms. The maximum absolute atomic E-state index is 6.10. The third-order valence-corrected chi connectivity index (χ3v) is 3.47. The highest BCUT2D eigenvalue weighted by atomic mass is 79.9. The summed E-state index contributed by atoms with van der Waals surface area (Å²) >= 11 is 9.53. The van der Waals surface area contributed by atoms with E-state index in [-0.39, 0.29) is 6.10 Å². The second-order valence-corrected chi connectivity index (χ2v) is 5.06. The van der Waals surface area contributed by atoms with Crippen molar-refractivity contribution in [2.24, 2.45) is 0 Å². The lowest BCUT2D eigenvalue weighted by atomic mass is 10.1. The fourth-order valence-corrected chi connectivity index (χ4v) is 2.26. The summed E-state index contributed by atoms with van der Waals surface area (Å²) in [5.74, 6) is 0. The van der Waals surface area contributed by atoms with E-state index in [0.29, 0.717) is 6.04 Å². The van der Waals surface area contributed by atoms with Crippen molar-refractivity contribution in [3.05, 3.63) is 27.7 Å². The molecule has 1 saturated heterocycles. The van der Waals surface area contributed by atoms with E-state index < -0.39 is 0 Å². The molecule has 1 N–H and O–H groups in total. The number of halogens is 2. The molecular formula is C11H13BrClNO. The number of hydrogen-bond donors (Lipinski definition) is 1. The normalized spacial score (nSPS) is 25.5. The van der Waals surface area contributed by atoms with Crippen LogP contribution in [0.3, 0.4) is 0 Å². The number of hydrogen-bond acceptors (Lipinski definition) is 2. The molecule has 2 nitrogen and oxygen atoms in total. The van der Waals surface area contributed by atoms with Gasteiger partial charge in [0.15, 0.2) is 0 Å². The second-order valence-electron chi connectivity index (χ2n) is 3.74. The monoisotopic (exact) mass is 289 g/mol. The molecular weight excluding hydrogens is 277 g/mol. The third kappa shape index (κ3) is 2.65. The van der Waals surface area contributed by atoms with Crippen molar-refractivity contribution in [3.8, 4) is 0 Å². The Morgan fingerprint density at radius 1 is 1.53 bits per heavy atom. The summed E-state index contributed by atoms with van der Waals surface area (Å²) in [4.78, 5) is 0. The molecule has 0 bridgehead atoms. The van der Waals surface area contributed by atoms with Crippen LogP contribution in [-0.4, -0.2) is 18.8 Å². The predicted octanol–water partition coefficient (Wildman–Crippen LogP) is 3.69. The summed E-state index contributed by atoms with van der Waals surface area (Å²) in [7, 11) is 0. The smallest absolute Gasteiger partial charge is 0.0748 e. The lowest BCUT2D eigenvalue weighted by molar-refractivity contribution is 0.121. The summed E-state index contributed by atoms with van der Waals surface area (Å²) in [6, 6.07) is 6.17. The standard InChI is InChI=1S/C11H13BrClNO/c1-7-10(4-5-15-7)14-11-6-8(12)2-3-9(11)13/h2-3,6-7,10,14H,4-5H2,1H3. The largest absolute Gasteiger partial charge is 0.378 e. The highest BCUT2D eigenvalue weighted by Crippen LogP contribution is 2.28. The van der Waals surface area contributed by atoms with Gasteiger partial charge in [0.1, 0.15) is 0 Å². The average Bonchev–Trinajstić information content (AvgIpc) is 2.58. The van der Waals surface area contributed by atoms with Crippen LogP contribution in [0.4, 0.5) is 5.69 Å². The molecule has 4 heteroatoms. The minimum atomic E-state index is 0.250. The molecule has 82 valence electrons. The zero-order chi connectivity index (χ0) is 10.8. The van der Waals surface area contributed by atoms with Crippen molar-refractivity contribution < 1.29 is 4.74 Å². The van der Waals surface area contributed by atoms with Gasteiger partial charge in [0.25, 0.3) is 0 Å². The van der Waals surface area contributed by atoms with Gasteiger partial charge in [-0.25, -0.2) is 0 Å². The number of benzene rings is 1. The van der Waals surface area contributed by atoms with Gasteiger partial charge in [0.05, 0.1) is 22.9 Å². The van der Waals surface area contributed by atoms with Crippen molar-refractivity contribution >= 4 is 33.2 Å². The lowest BCUT2D eigenvalue weighted by Gasteiger charge is -2.18. The van der Waals surface area contributed by atoms with Gasteiger partial charge in [-0.15, -0.1) is 0 Å².